The van der Waals surface area contributed by atoms with Crippen molar-refractivity contribution in [2.24, 2.45) is 0 Å². The molecule has 4 rings (SSSR count). The van der Waals surface area contributed by atoms with Gasteiger partial charge in [-0.05, 0) is 46.5 Å². The summed E-state index contributed by atoms with van der Waals surface area (Å²) >= 11 is 0. The third-order valence-electron chi connectivity index (χ3n) is 5.30. The van der Waals surface area contributed by atoms with Crippen molar-refractivity contribution < 1.29 is 13.8 Å². The zero-order chi connectivity index (χ0) is 21.0. The third-order valence-corrected chi connectivity index (χ3v) is 8.37. The highest BCUT2D eigenvalue weighted by molar-refractivity contribution is 7.78. The van der Waals surface area contributed by atoms with Gasteiger partial charge < -0.3 is 13.8 Å². The van der Waals surface area contributed by atoms with Crippen LogP contribution in [0.1, 0.15) is 16.7 Å². The largest absolute Gasteiger partial charge is 0.497 e. The summed E-state index contributed by atoms with van der Waals surface area (Å²) in [7, 11) is 2.65. The van der Waals surface area contributed by atoms with Crippen LogP contribution in [0.5, 0.6) is 5.75 Å². The average molecular weight is 416 g/mol. The van der Waals surface area contributed by atoms with E-state index in [4.69, 9.17) is 13.8 Å². The zero-order valence-corrected chi connectivity index (χ0v) is 18.3. The molecular formula is C26H25O3P. The molecule has 3 nitrogen and oxygen atoms in total. The predicted molar refractivity (Wildman–Crippen MR) is 127 cm³/mol. The number of ether oxygens (including phenoxy) is 1. The highest BCUT2D eigenvalue weighted by Gasteiger charge is 2.32. The smallest absolute Gasteiger partial charge is 0.162 e. The van der Waals surface area contributed by atoms with Crippen LogP contribution in [0.15, 0.2) is 97.1 Å². The fourth-order valence-corrected chi connectivity index (χ4v) is 6.57. The summed E-state index contributed by atoms with van der Waals surface area (Å²) in [5.41, 5.74) is 4.42. The minimum absolute atomic E-state index is 0.838. The summed E-state index contributed by atoms with van der Waals surface area (Å²) in [5.74, 6) is 0.838. The van der Waals surface area contributed by atoms with Crippen molar-refractivity contribution in [3.05, 3.63) is 114 Å². The molecule has 1 heterocycles. The fraction of sp³-hybridized carbons (Fsp3) is 0.115. The highest BCUT2D eigenvalue weighted by Crippen LogP contribution is 2.65. The van der Waals surface area contributed by atoms with Gasteiger partial charge in [-0.25, -0.2) is 0 Å². The number of hydrogen-bond donors (Lipinski definition) is 0. The van der Waals surface area contributed by atoms with Gasteiger partial charge in [-0.2, -0.15) is 0 Å². The first-order chi connectivity index (χ1) is 14.7. The Bertz CT molecular complexity index is 1120. The van der Waals surface area contributed by atoms with Crippen LogP contribution in [0.4, 0.5) is 0 Å². The van der Waals surface area contributed by atoms with Crippen molar-refractivity contribution in [1.29, 1.82) is 0 Å². The first-order valence-corrected chi connectivity index (χ1v) is 11.4. The molecule has 3 aromatic carbocycles. The van der Waals surface area contributed by atoms with Crippen molar-refractivity contribution in [3.63, 3.8) is 0 Å². The molecule has 0 unspecified atom stereocenters. The van der Waals surface area contributed by atoms with Gasteiger partial charge >= 0.3 is 0 Å². The van der Waals surface area contributed by atoms with Crippen molar-refractivity contribution in [2.45, 2.75) is 0 Å². The van der Waals surface area contributed by atoms with Crippen molar-refractivity contribution in [3.8, 4) is 5.75 Å². The molecule has 0 saturated heterocycles. The lowest BCUT2D eigenvalue weighted by Gasteiger charge is -2.32. The van der Waals surface area contributed by atoms with Gasteiger partial charge in [0.25, 0.3) is 0 Å². The number of hydrogen-bond acceptors (Lipinski definition) is 3. The Morgan fingerprint density at radius 2 is 1.13 bits per heavy atom. The van der Waals surface area contributed by atoms with Crippen molar-refractivity contribution in [2.75, 3.05) is 21.3 Å². The number of rotatable bonds is 6. The summed E-state index contributed by atoms with van der Waals surface area (Å²) in [6, 6.07) is 28.8. The molecule has 0 aromatic heterocycles. The van der Waals surface area contributed by atoms with E-state index in [-0.39, 0.29) is 0 Å². The lowest BCUT2D eigenvalue weighted by molar-refractivity contribution is 0.345. The summed E-state index contributed by atoms with van der Waals surface area (Å²) in [5, 5.41) is 2.14. The molecule has 1 aliphatic heterocycles. The van der Waals surface area contributed by atoms with E-state index in [1.165, 1.54) is 0 Å². The van der Waals surface area contributed by atoms with Crippen LogP contribution >= 0.6 is 7.34 Å². The monoisotopic (exact) mass is 416 g/mol. The highest BCUT2D eigenvalue weighted by atomic mass is 31.2. The van der Waals surface area contributed by atoms with E-state index in [1.807, 2.05) is 48.5 Å². The number of allylic oxidation sites excluding steroid dienone is 3. The van der Waals surface area contributed by atoms with E-state index >= 15 is 0 Å². The van der Waals surface area contributed by atoms with E-state index in [9.17, 15) is 0 Å². The fourth-order valence-electron chi connectivity index (χ4n) is 3.78. The molecule has 0 amide bonds. The Kier molecular flexibility index (Phi) is 6.06. The minimum atomic E-state index is -2.51. The quantitative estimate of drug-likeness (QED) is 0.430. The van der Waals surface area contributed by atoms with Crippen LogP contribution in [0.3, 0.4) is 0 Å². The van der Waals surface area contributed by atoms with Gasteiger partial charge in [0.05, 0.1) is 7.11 Å². The van der Waals surface area contributed by atoms with Crippen LogP contribution in [0.2, 0.25) is 0 Å². The average Bonchev–Trinajstić information content (AvgIpc) is 2.84. The normalized spacial score (nSPS) is 15.4. The first kappa shape index (κ1) is 20.4. The van der Waals surface area contributed by atoms with Crippen LogP contribution in [0.25, 0.3) is 10.9 Å². The lowest BCUT2D eigenvalue weighted by atomic mass is 10.0. The molecule has 30 heavy (non-hydrogen) atoms. The summed E-state index contributed by atoms with van der Waals surface area (Å²) < 4.78 is 17.7. The first-order valence-electron chi connectivity index (χ1n) is 9.79. The van der Waals surface area contributed by atoms with Crippen LogP contribution in [0, 0.1) is 0 Å². The maximum atomic E-state index is 6.20. The molecule has 0 radical (unpaired) electrons. The third kappa shape index (κ3) is 3.68. The molecule has 0 fully saturated rings. The van der Waals surface area contributed by atoms with E-state index < -0.39 is 7.34 Å². The van der Waals surface area contributed by atoms with E-state index in [1.54, 1.807) is 21.3 Å². The Morgan fingerprint density at radius 3 is 1.67 bits per heavy atom. The molecule has 0 spiro atoms. The molecule has 0 N–H and O–H groups in total. The number of benzene rings is 3. The second kappa shape index (κ2) is 8.89. The maximum absolute atomic E-state index is 6.20. The Labute approximate surface area is 178 Å². The standard InChI is InChI=1S/C26H25O3P/c1-27-24-16-14-20(15-17-24)23-18-25(21-10-6-4-7-11-21)30(28-2,29-3)26(19-23)22-12-8-5-9-13-22/h4-19H,1-3H3. The van der Waals surface area contributed by atoms with Crippen LogP contribution < -0.4 is 4.74 Å². The summed E-state index contributed by atoms with van der Waals surface area (Å²) in [4.78, 5) is 0. The van der Waals surface area contributed by atoms with Crippen molar-refractivity contribution >= 4 is 23.5 Å². The molecule has 0 saturated carbocycles. The predicted octanol–water partition coefficient (Wildman–Crippen LogP) is 6.49. The van der Waals surface area contributed by atoms with Gasteiger partial charge in [0.2, 0.25) is 0 Å². The number of methoxy groups -OCH3 is 1. The molecule has 3 aromatic rings. The van der Waals surface area contributed by atoms with Gasteiger partial charge in [-0.15, -0.1) is 0 Å². The topological polar surface area (TPSA) is 27.7 Å². The molecule has 0 aliphatic carbocycles. The molecule has 0 atom stereocenters. The maximum Gasteiger partial charge on any atom is 0.162 e. The summed E-state index contributed by atoms with van der Waals surface area (Å²) in [6.45, 7) is 0. The van der Waals surface area contributed by atoms with Gasteiger partial charge in [-0.1, -0.05) is 72.8 Å². The molecular weight excluding hydrogens is 391 g/mol. The lowest BCUT2D eigenvalue weighted by Crippen LogP contribution is -2.11. The Hall–Kier alpha value is -2.84. The molecule has 1 aliphatic rings. The van der Waals surface area contributed by atoms with Gasteiger partial charge in [0.1, 0.15) is 5.75 Å². The molecule has 4 heteroatoms. The SMILES string of the molecule is COc1ccc(C2=CC(c3ccccc3)=P(OC)(OC)C(c3ccccc3)=C2)cc1. The van der Waals surface area contributed by atoms with Gasteiger partial charge in [0.15, 0.2) is 7.34 Å². The van der Waals surface area contributed by atoms with Gasteiger partial charge in [0, 0.05) is 24.8 Å². The van der Waals surface area contributed by atoms with Crippen LogP contribution in [-0.4, -0.2) is 26.6 Å². The van der Waals surface area contributed by atoms with E-state index in [0.717, 1.165) is 38.6 Å². The molecule has 0 bridgehead atoms. The Balaban J connectivity index is 2.01. The second-order valence-corrected chi connectivity index (χ2v) is 9.69. The van der Waals surface area contributed by atoms with E-state index in [2.05, 4.69) is 48.6 Å². The summed E-state index contributed by atoms with van der Waals surface area (Å²) in [6.07, 6.45) is 4.40. The molecule has 152 valence electrons. The van der Waals surface area contributed by atoms with Gasteiger partial charge in [-0.3, -0.25) is 0 Å². The Morgan fingerprint density at radius 1 is 0.567 bits per heavy atom. The second-order valence-electron chi connectivity index (χ2n) is 6.89. The minimum Gasteiger partial charge on any atom is -0.497 e. The van der Waals surface area contributed by atoms with Crippen molar-refractivity contribution in [1.82, 2.24) is 0 Å². The van der Waals surface area contributed by atoms with E-state index in [0.29, 0.717) is 0 Å². The van der Waals surface area contributed by atoms with Crippen LogP contribution in [-0.2, 0) is 9.05 Å². The zero-order valence-electron chi connectivity index (χ0n) is 17.4.